The quantitative estimate of drug-likeness (QED) is 0.177. The van der Waals surface area contributed by atoms with Crippen LogP contribution in [0.5, 0.6) is 0 Å². The van der Waals surface area contributed by atoms with Crippen molar-refractivity contribution < 1.29 is 8.83 Å². The van der Waals surface area contributed by atoms with Crippen molar-refractivity contribution in [3.63, 3.8) is 0 Å². The molecule has 6 heteroatoms. The molecule has 0 N–H and O–H groups in total. The van der Waals surface area contributed by atoms with Crippen molar-refractivity contribution in [3.05, 3.63) is 176 Å². The van der Waals surface area contributed by atoms with Crippen molar-refractivity contribution in [2.75, 3.05) is 4.90 Å². The molecule has 0 amide bonds. The van der Waals surface area contributed by atoms with Crippen LogP contribution >= 0.6 is 11.3 Å². The van der Waals surface area contributed by atoms with E-state index < -0.39 is 0 Å². The van der Waals surface area contributed by atoms with Crippen LogP contribution in [0, 0.1) is 0 Å². The van der Waals surface area contributed by atoms with Crippen molar-refractivity contribution in [1.29, 1.82) is 0 Å². The molecule has 0 saturated heterocycles. The second-order valence-electron chi connectivity index (χ2n) is 13.9. The highest BCUT2D eigenvalue weighted by atomic mass is 32.1. The highest BCUT2D eigenvalue weighted by Crippen LogP contribution is 2.50. The molecule has 0 bridgehead atoms. The van der Waals surface area contributed by atoms with Crippen LogP contribution in [0.4, 0.5) is 17.1 Å². The van der Waals surface area contributed by atoms with Gasteiger partial charge in [0.15, 0.2) is 11.2 Å². The third-order valence-electron chi connectivity index (χ3n) is 10.8. The lowest BCUT2D eigenvalue weighted by Crippen LogP contribution is -2.11. The molecule has 0 spiro atoms. The number of oxazole rings is 1. The SMILES string of the molecule is c1ccc(-c2nc3cc(N(c4ccc5c6ccccc6n(-c6ccccc6)c5c4)c4cccc5sc6ccccc6c45)c4oc5ccccc5c4c3o2)cc1. The molecule has 0 aliphatic rings. The maximum absolute atomic E-state index is 6.91. The Bertz CT molecular complexity index is 3450. The molecule has 0 aliphatic heterocycles. The zero-order chi connectivity index (χ0) is 36.0. The van der Waals surface area contributed by atoms with Gasteiger partial charge in [-0.3, -0.25) is 0 Å². The highest BCUT2D eigenvalue weighted by molar-refractivity contribution is 7.26. The van der Waals surface area contributed by atoms with E-state index in [0.717, 1.165) is 66.8 Å². The monoisotopic (exact) mass is 723 g/mol. The predicted octanol–water partition coefficient (Wildman–Crippen LogP) is 14.3. The van der Waals surface area contributed by atoms with Crippen molar-refractivity contribution in [3.8, 4) is 17.1 Å². The lowest BCUT2D eigenvalue weighted by Gasteiger charge is -2.27. The molecule has 5 nitrogen and oxygen atoms in total. The van der Waals surface area contributed by atoms with Crippen LogP contribution in [0.25, 0.3) is 92.2 Å². The van der Waals surface area contributed by atoms with E-state index in [9.17, 15) is 0 Å². The smallest absolute Gasteiger partial charge is 0.227 e. The first-order valence-electron chi connectivity index (χ1n) is 18.4. The Balaban J connectivity index is 1.22. The number of fused-ring (bicyclic) bond motifs is 11. The number of hydrogen-bond acceptors (Lipinski definition) is 5. The number of nitrogens with zero attached hydrogens (tertiary/aromatic N) is 3. The maximum atomic E-state index is 6.91. The molecule has 4 heterocycles. The van der Waals surface area contributed by atoms with Gasteiger partial charge in [-0.25, -0.2) is 4.98 Å². The fraction of sp³-hybridized carbons (Fsp3) is 0. The van der Waals surface area contributed by atoms with Gasteiger partial charge in [0.05, 0.1) is 27.8 Å². The largest absolute Gasteiger partial charge is 0.454 e. The molecule has 8 aromatic carbocycles. The second-order valence-corrected chi connectivity index (χ2v) is 15.0. The van der Waals surface area contributed by atoms with Crippen LogP contribution in [-0.4, -0.2) is 9.55 Å². The number of benzene rings is 8. The second kappa shape index (κ2) is 11.7. The van der Waals surface area contributed by atoms with E-state index in [0.29, 0.717) is 11.5 Å². The summed E-state index contributed by atoms with van der Waals surface area (Å²) in [5.74, 6) is 0.575. The van der Waals surface area contributed by atoms with Crippen molar-refractivity contribution in [2.45, 2.75) is 0 Å². The molecule has 258 valence electrons. The Morgan fingerprint density at radius 2 is 1.20 bits per heavy atom. The summed E-state index contributed by atoms with van der Waals surface area (Å²) in [6.07, 6.45) is 0. The van der Waals surface area contributed by atoms with Crippen LogP contribution in [0.3, 0.4) is 0 Å². The average Bonchev–Trinajstić information content (AvgIpc) is 4.02. The molecular formula is C49H29N3O2S. The number of hydrogen-bond donors (Lipinski definition) is 0. The number of para-hydroxylation sites is 3. The summed E-state index contributed by atoms with van der Waals surface area (Å²) in [6.45, 7) is 0. The van der Waals surface area contributed by atoms with Gasteiger partial charge in [0.25, 0.3) is 0 Å². The van der Waals surface area contributed by atoms with Gasteiger partial charge < -0.3 is 18.3 Å². The Labute approximate surface area is 318 Å². The van der Waals surface area contributed by atoms with Gasteiger partial charge in [-0.15, -0.1) is 11.3 Å². The van der Waals surface area contributed by atoms with E-state index in [2.05, 4.69) is 143 Å². The lowest BCUT2D eigenvalue weighted by molar-refractivity contribution is 0.622. The summed E-state index contributed by atoms with van der Waals surface area (Å²) in [5.41, 5.74) is 10.3. The zero-order valence-electron chi connectivity index (χ0n) is 29.3. The van der Waals surface area contributed by atoms with Crippen LogP contribution in [0.2, 0.25) is 0 Å². The first-order valence-corrected chi connectivity index (χ1v) is 19.2. The van der Waals surface area contributed by atoms with E-state index in [-0.39, 0.29) is 0 Å². The molecule has 4 aromatic heterocycles. The molecule has 12 rings (SSSR count). The van der Waals surface area contributed by atoms with Crippen molar-refractivity contribution in [2.24, 2.45) is 0 Å². The van der Waals surface area contributed by atoms with Gasteiger partial charge in [0.1, 0.15) is 11.1 Å². The topological polar surface area (TPSA) is 47.3 Å². The molecule has 0 radical (unpaired) electrons. The van der Waals surface area contributed by atoms with Gasteiger partial charge in [0.2, 0.25) is 5.89 Å². The van der Waals surface area contributed by atoms with Gasteiger partial charge in [-0.2, -0.15) is 0 Å². The first kappa shape index (κ1) is 30.3. The van der Waals surface area contributed by atoms with Gasteiger partial charge in [0, 0.05) is 53.3 Å². The third kappa shape index (κ3) is 4.49. The zero-order valence-corrected chi connectivity index (χ0v) is 30.1. The number of anilines is 3. The van der Waals surface area contributed by atoms with E-state index in [1.807, 2.05) is 53.8 Å². The minimum absolute atomic E-state index is 0.575. The van der Waals surface area contributed by atoms with Crippen LogP contribution in [0.15, 0.2) is 185 Å². The third-order valence-corrected chi connectivity index (χ3v) is 11.9. The molecule has 12 aromatic rings. The molecular weight excluding hydrogens is 695 g/mol. The van der Waals surface area contributed by atoms with Gasteiger partial charge in [-0.05, 0) is 72.8 Å². The fourth-order valence-electron chi connectivity index (χ4n) is 8.43. The standard InChI is InChI=1S/C49H29N3O2S/c1-3-14-30(15-4-1)49-50-37-29-41(48-46(47(37)54-49)35-19-8-11-23-42(35)53-48)52(39-22-13-25-44-45(39)36-20-9-12-24-43(36)55-44)32-26-27-34-33-18-7-10-21-38(33)51(40(34)28-32)31-16-5-2-6-17-31/h1-29H. The van der Waals surface area contributed by atoms with E-state index in [1.54, 1.807) is 0 Å². The molecule has 0 aliphatic carbocycles. The van der Waals surface area contributed by atoms with Crippen molar-refractivity contribution >= 4 is 103 Å². The normalized spacial score (nSPS) is 12.0. The molecule has 0 unspecified atom stereocenters. The fourth-order valence-corrected chi connectivity index (χ4v) is 9.56. The first-order chi connectivity index (χ1) is 27.3. The Hall–Kier alpha value is -7.15. The number of aromatic nitrogens is 2. The average molecular weight is 724 g/mol. The number of thiophene rings is 1. The summed E-state index contributed by atoms with van der Waals surface area (Å²) < 4.78 is 18.4. The summed E-state index contributed by atoms with van der Waals surface area (Å²) in [4.78, 5) is 7.52. The molecule has 0 atom stereocenters. The van der Waals surface area contributed by atoms with E-state index >= 15 is 0 Å². The predicted molar refractivity (Wildman–Crippen MR) is 229 cm³/mol. The minimum Gasteiger partial charge on any atom is -0.454 e. The Kier molecular flexibility index (Phi) is 6.44. The minimum atomic E-state index is 0.575. The van der Waals surface area contributed by atoms with E-state index in [4.69, 9.17) is 13.8 Å². The number of rotatable bonds is 5. The van der Waals surface area contributed by atoms with Crippen LogP contribution in [-0.2, 0) is 0 Å². The van der Waals surface area contributed by atoms with Gasteiger partial charge >= 0.3 is 0 Å². The summed E-state index contributed by atoms with van der Waals surface area (Å²) in [5, 5.41) is 6.71. The summed E-state index contributed by atoms with van der Waals surface area (Å²) >= 11 is 1.82. The highest BCUT2D eigenvalue weighted by Gasteiger charge is 2.27. The number of furan rings is 1. The molecule has 0 saturated carbocycles. The van der Waals surface area contributed by atoms with Gasteiger partial charge in [-0.1, -0.05) is 103 Å². The molecule has 0 fully saturated rings. The lowest BCUT2D eigenvalue weighted by atomic mass is 10.1. The van der Waals surface area contributed by atoms with Crippen molar-refractivity contribution in [1.82, 2.24) is 9.55 Å². The Morgan fingerprint density at radius 3 is 2.07 bits per heavy atom. The maximum Gasteiger partial charge on any atom is 0.227 e. The van der Waals surface area contributed by atoms with E-state index in [1.165, 1.54) is 30.9 Å². The summed E-state index contributed by atoms with van der Waals surface area (Å²) in [7, 11) is 0. The Morgan fingerprint density at radius 1 is 0.491 bits per heavy atom. The molecule has 55 heavy (non-hydrogen) atoms. The van der Waals surface area contributed by atoms with Crippen LogP contribution < -0.4 is 4.90 Å². The van der Waals surface area contributed by atoms with Crippen LogP contribution in [0.1, 0.15) is 0 Å². The summed E-state index contributed by atoms with van der Waals surface area (Å²) in [6, 6.07) is 61.9.